The standard InChI is InChI=1S/C18H21F6NO2/c1-15(2,3)14(26)27-16(17(19,20)21,18(22,23)24)12-6-8-13(9-7-12)25-10-4-5-11-25/h6-9H,4-5,10-11H2,1-3H3. The molecule has 0 atom stereocenters. The molecule has 0 N–H and O–H groups in total. The lowest BCUT2D eigenvalue weighted by Crippen LogP contribution is -2.57. The third-order valence-corrected chi connectivity index (χ3v) is 4.40. The number of ether oxygens (including phenoxy) is 1. The molecule has 0 spiro atoms. The number of hydrogen-bond acceptors (Lipinski definition) is 3. The van der Waals surface area contributed by atoms with Gasteiger partial charge in [-0.1, -0.05) is 12.1 Å². The predicted octanol–water partition coefficient (Wildman–Crippen LogP) is 5.20. The van der Waals surface area contributed by atoms with Crippen molar-refractivity contribution < 1.29 is 35.9 Å². The molecule has 1 aliphatic rings. The summed E-state index contributed by atoms with van der Waals surface area (Å²) in [6.45, 7) is 4.92. The fourth-order valence-electron chi connectivity index (χ4n) is 2.84. The summed E-state index contributed by atoms with van der Waals surface area (Å²) in [6, 6.07) is 3.84. The Labute approximate surface area is 153 Å². The second kappa shape index (κ2) is 6.91. The Balaban J connectivity index is 2.55. The molecule has 27 heavy (non-hydrogen) atoms. The van der Waals surface area contributed by atoms with E-state index in [9.17, 15) is 31.1 Å². The first-order valence-electron chi connectivity index (χ1n) is 8.42. The van der Waals surface area contributed by atoms with Gasteiger partial charge in [-0.15, -0.1) is 0 Å². The lowest BCUT2D eigenvalue weighted by Gasteiger charge is -2.38. The van der Waals surface area contributed by atoms with Crippen LogP contribution in [0.1, 0.15) is 39.2 Å². The van der Waals surface area contributed by atoms with E-state index >= 15 is 0 Å². The quantitative estimate of drug-likeness (QED) is 0.519. The van der Waals surface area contributed by atoms with Crippen LogP contribution in [0.15, 0.2) is 24.3 Å². The number of halogens is 6. The van der Waals surface area contributed by atoms with Gasteiger partial charge in [0.15, 0.2) is 0 Å². The molecule has 0 amide bonds. The molecular weight excluding hydrogens is 376 g/mol. The van der Waals surface area contributed by atoms with Gasteiger partial charge in [0.1, 0.15) is 0 Å². The molecule has 1 aliphatic heterocycles. The van der Waals surface area contributed by atoms with Crippen LogP contribution >= 0.6 is 0 Å². The fraction of sp³-hybridized carbons (Fsp3) is 0.611. The maximum Gasteiger partial charge on any atom is 0.442 e. The summed E-state index contributed by atoms with van der Waals surface area (Å²) in [5.41, 5.74) is -6.93. The third kappa shape index (κ3) is 4.01. The van der Waals surface area contributed by atoms with Gasteiger partial charge in [-0.2, -0.15) is 26.3 Å². The maximum atomic E-state index is 13.7. The Morgan fingerprint density at radius 1 is 0.889 bits per heavy atom. The Hall–Kier alpha value is -1.93. The zero-order valence-corrected chi connectivity index (χ0v) is 15.2. The molecule has 0 radical (unpaired) electrons. The lowest BCUT2D eigenvalue weighted by molar-refractivity contribution is -0.379. The first kappa shape index (κ1) is 21.4. The summed E-state index contributed by atoms with van der Waals surface area (Å²) in [7, 11) is 0. The van der Waals surface area contributed by atoms with E-state index in [0.29, 0.717) is 18.8 Å². The van der Waals surface area contributed by atoms with Crippen molar-refractivity contribution >= 4 is 11.7 Å². The lowest BCUT2D eigenvalue weighted by atomic mass is 9.90. The Morgan fingerprint density at radius 2 is 1.33 bits per heavy atom. The molecule has 0 unspecified atom stereocenters. The molecule has 0 aliphatic carbocycles. The number of carbonyl (C=O) groups is 1. The van der Waals surface area contributed by atoms with Crippen LogP contribution < -0.4 is 4.90 Å². The molecule has 0 aromatic heterocycles. The highest BCUT2D eigenvalue weighted by atomic mass is 19.4. The molecule has 3 nitrogen and oxygen atoms in total. The highest BCUT2D eigenvalue weighted by Gasteiger charge is 2.75. The Bertz CT molecular complexity index is 653. The SMILES string of the molecule is CC(C)(C)C(=O)OC(c1ccc(N2CCCC2)cc1)(C(F)(F)F)C(F)(F)F. The minimum absolute atomic E-state index is 0.525. The molecule has 1 aromatic rings. The second-order valence-electron chi connectivity index (χ2n) is 7.56. The van der Waals surface area contributed by atoms with E-state index in [2.05, 4.69) is 4.74 Å². The second-order valence-corrected chi connectivity index (χ2v) is 7.56. The molecule has 1 aromatic carbocycles. The van der Waals surface area contributed by atoms with Crippen molar-refractivity contribution in [3.05, 3.63) is 29.8 Å². The summed E-state index contributed by atoms with van der Waals surface area (Å²) < 4.78 is 86.4. The average Bonchev–Trinajstić information content (AvgIpc) is 3.03. The van der Waals surface area contributed by atoms with E-state index in [1.165, 1.54) is 32.9 Å². The van der Waals surface area contributed by atoms with Gasteiger partial charge in [-0.05, 0) is 45.7 Å². The first-order valence-corrected chi connectivity index (χ1v) is 8.42. The zero-order valence-electron chi connectivity index (χ0n) is 15.2. The number of anilines is 1. The summed E-state index contributed by atoms with van der Waals surface area (Å²) in [5.74, 6) is -1.60. The van der Waals surface area contributed by atoms with Gasteiger partial charge < -0.3 is 9.64 Å². The number of rotatable bonds is 3. The third-order valence-electron chi connectivity index (χ3n) is 4.40. The van der Waals surface area contributed by atoms with Crippen molar-refractivity contribution in [3.8, 4) is 0 Å². The van der Waals surface area contributed by atoms with E-state index in [1.807, 2.05) is 4.90 Å². The average molecular weight is 397 g/mol. The topological polar surface area (TPSA) is 29.5 Å². The highest BCUT2D eigenvalue weighted by molar-refractivity contribution is 5.76. The van der Waals surface area contributed by atoms with Gasteiger partial charge in [0.25, 0.3) is 0 Å². The van der Waals surface area contributed by atoms with Crippen molar-refractivity contribution in [1.82, 2.24) is 0 Å². The Kier molecular flexibility index (Phi) is 5.47. The smallest absolute Gasteiger partial charge is 0.434 e. The van der Waals surface area contributed by atoms with E-state index < -0.39 is 34.9 Å². The Morgan fingerprint density at radius 3 is 1.70 bits per heavy atom. The number of benzene rings is 1. The molecule has 1 saturated heterocycles. The zero-order chi connectivity index (χ0) is 20.7. The van der Waals surface area contributed by atoms with E-state index in [-0.39, 0.29) is 0 Å². The van der Waals surface area contributed by atoms with Crippen LogP contribution in [-0.4, -0.2) is 31.4 Å². The summed E-state index contributed by atoms with van der Waals surface area (Å²) in [4.78, 5) is 13.9. The van der Waals surface area contributed by atoms with Crippen molar-refractivity contribution in [2.24, 2.45) is 5.41 Å². The van der Waals surface area contributed by atoms with Crippen LogP contribution in [0.2, 0.25) is 0 Å². The summed E-state index contributed by atoms with van der Waals surface area (Å²) >= 11 is 0. The number of carbonyl (C=O) groups excluding carboxylic acids is 1. The van der Waals surface area contributed by atoms with Gasteiger partial charge in [-0.25, -0.2) is 0 Å². The van der Waals surface area contributed by atoms with Crippen LogP contribution in [0.5, 0.6) is 0 Å². The van der Waals surface area contributed by atoms with Crippen LogP contribution in [0, 0.1) is 5.41 Å². The monoisotopic (exact) mass is 397 g/mol. The fourth-order valence-corrected chi connectivity index (χ4v) is 2.84. The number of alkyl halides is 6. The van der Waals surface area contributed by atoms with Crippen molar-refractivity contribution in [3.63, 3.8) is 0 Å². The molecule has 0 saturated carbocycles. The predicted molar refractivity (Wildman–Crippen MR) is 87.2 cm³/mol. The molecule has 1 heterocycles. The van der Waals surface area contributed by atoms with Crippen LogP contribution in [0.3, 0.4) is 0 Å². The number of nitrogens with zero attached hydrogens (tertiary/aromatic N) is 1. The molecule has 9 heteroatoms. The molecule has 1 fully saturated rings. The van der Waals surface area contributed by atoms with Crippen molar-refractivity contribution in [1.29, 1.82) is 0 Å². The van der Waals surface area contributed by atoms with Gasteiger partial charge in [0.05, 0.1) is 5.41 Å². The minimum atomic E-state index is -5.89. The van der Waals surface area contributed by atoms with Gasteiger partial charge in [0.2, 0.25) is 0 Å². The maximum absolute atomic E-state index is 13.7. The summed E-state index contributed by atoms with van der Waals surface area (Å²) in [5, 5.41) is 0. The molecular formula is C18H21F6NO2. The minimum Gasteiger partial charge on any atom is -0.434 e. The van der Waals surface area contributed by atoms with Crippen LogP contribution in [0.4, 0.5) is 32.0 Å². The largest absolute Gasteiger partial charge is 0.442 e. The van der Waals surface area contributed by atoms with E-state index in [4.69, 9.17) is 0 Å². The van der Waals surface area contributed by atoms with E-state index in [0.717, 1.165) is 25.0 Å². The van der Waals surface area contributed by atoms with Crippen LogP contribution in [-0.2, 0) is 15.1 Å². The van der Waals surface area contributed by atoms with Gasteiger partial charge in [0, 0.05) is 24.3 Å². The first-order chi connectivity index (χ1) is 12.2. The number of hydrogen-bond donors (Lipinski definition) is 0. The normalized spacial score (nSPS) is 16.6. The van der Waals surface area contributed by atoms with Gasteiger partial charge in [-0.3, -0.25) is 4.79 Å². The van der Waals surface area contributed by atoms with Crippen molar-refractivity contribution in [2.75, 3.05) is 18.0 Å². The van der Waals surface area contributed by atoms with Gasteiger partial charge >= 0.3 is 23.9 Å². The molecule has 2 rings (SSSR count). The van der Waals surface area contributed by atoms with Crippen LogP contribution in [0.25, 0.3) is 0 Å². The molecule has 0 bridgehead atoms. The highest BCUT2D eigenvalue weighted by Crippen LogP contribution is 2.53. The number of esters is 1. The van der Waals surface area contributed by atoms with Crippen molar-refractivity contribution in [2.45, 2.75) is 51.6 Å². The van der Waals surface area contributed by atoms with E-state index in [1.54, 1.807) is 0 Å². The molecule has 152 valence electrons. The summed E-state index contributed by atoms with van der Waals surface area (Å²) in [6.07, 6.45) is -9.97.